The lowest BCUT2D eigenvalue weighted by Gasteiger charge is -2.19. The minimum atomic E-state index is -0.794. The van der Waals surface area contributed by atoms with Crippen molar-refractivity contribution in [2.75, 3.05) is 20.3 Å². The molecule has 0 aliphatic carbocycles. The molecule has 0 amide bonds. The first-order valence-electron chi connectivity index (χ1n) is 4.95. The van der Waals surface area contributed by atoms with Crippen molar-refractivity contribution in [1.82, 2.24) is 0 Å². The molecule has 0 bridgehead atoms. The van der Waals surface area contributed by atoms with E-state index < -0.39 is 18.2 Å². The molecule has 0 N–H and O–H groups in total. The van der Waals surface area contributed by atoms with Crippen LogP contribution < -0.4 is 0 Å². The summed E-state index contributed by atoms with van der Waals surface area (Å²) in [4.78, 5) is 11.5. The van der Waals surface area contributed by atoms with Crippen molar-refractivity contribution in [2.24, 2.45) is 11.8 Å². The third kappa shape index (κ3) is 2.67. The zero-order valence-corrected chi connectivity index (χ0v) is 8.93. The van der Waals surface area contributed by atoms with Gasteiger partial charge in [0, 0.05) is 13.0 Å². The van der Waals surface area contributed by atoms with Gasteiger partial charge in [-0.1, -0.05) is 0 Å². The molecule has 5 nitrogen and oxygen atoms in total. The van der Waals surface area contributed by atoms with Gasteiger partial charge in [-0.3, -0.25) is 4.79 Å². The van der Waals surface area contributed by atoms with Gasteiger partial charge in [0.2, 0.25) is 0 Å². The summed E-state index contributed by atoms with van der Waals surface area (Å²) in [5, 5.41) is 8.93. The summed E-state index contributed by atoms with van der Waals surface area (Å²) in [6.07, 6.45) is 0.175. The maximum Gasteiger partial charge on any atom is 0.323 e. The Kier molecular flexibility index (Phi) is 4.53. The van der Waals surface area contributed by atoms with Crippen molar-refractivity contribution in [3.8, 4) is 6.07 Å². The number of nitrogens with zero attached hydrogens (tertiary/aromatic N) is 1. The second-order valence-electron chi connectivity index (χ2n) is 3.29. The van der Waals surface area contributed by atoms with Crippen LogP contribution in [-0.2, 0) is 19.0 Å². The molecule has 1 heterocycles. The first-order chi connectivity index (χ1) is 7.24. The van der Waals surface area contributed by atoms with E-state index in [0.717, 1.165) is 0 Å². The van der Waals surface area contributed by atoms with Gasteiger partial charge in [-0.25, -0.2) is 0 Å². The third-order valence-corrected chi connectivity index (χ3v) is 2.42. The van der Waals surface area contributed by atoms with Crippen LogP contribution in [0.1, 0.15) is 13.3 Å². The first-order valence-corrected chi connectivity index (χ1v) is 4.95. The van der Waals surface area contributed by atoms with E-state index in [9.17, 15) is 4.79 Å². The molecule has 0 aromatic carbocycles. The Labute approximate surface area is 88.9 Å². The molecule has 0 aromatic rings. The van der Waals surface area contributed by atoms with Crippen LogP contribution in [0.5, 0.6) is 0 Å². The van der Waals surface area contributed by atoms with Crippen LogP contribution >= 0.6 is 0 Å². The minimum Gasteiger partial charge on any atom is -0.465 e. The Morgan fingerprint density at radius 3 is 3.00 bits per heavy atom. The van der Waals surface area contributed by atoms with Gasteiger partial charge < -0.3 is 14.2 Å². The summed E-state index contributed by atoms with van der Waals surface area (Å²) in [5.74, 6) is -1.51. The summed E-state index contributed by atoms with van der Waals surface area (Å²) in [6.45, 7) is 2.51. The van der Waals surface area contributed by atoms with E-state index in [1.165, 1.54) is 7.11 Å². The quantitative estimate of drug-likeness (QED) is 0.643. The van der Waals surface area contributed by atoms with E-state index in [1.54, 1.807) is 6.92 Å². The fourth-order valence-corrected chi connectivity index (χ4v) is 1.70. The van der Waals surface area contributed by atoms with Crippen LogP contribution in [0.3, 0.4) is 0 Å². The van der Waals surface area contributed by atoms with Crippen molar-refractivity contribution in [3.05, 3.63) is 0 Å². The Morgan fingerprint density at radius 1 is 1.73 bits per heavy atom. The van der Waals surface area contributed by atoms with Gasteiger partial charge in [0.1, 0.15) is 0 Å². The maximum absolute atomic E-state index is 11.5. The number of methoxy groups -OCH3 is 1. The highest BCUT2D eigenvalue weighted by molar-refractivity contribution is 5.75. The lowest BCUT2D eigenvalue weighted by Crippen LogP contribution is -2.31. The predicted molar refractivity (Wildman–Crippen MR) is 50.6 cm³/mol. The molecule has 3 atom stereocenters. The van der Waals surface area contributed by atoms with Gasteiger partial charge >= 0.3 is 5.97 Å². The van der Waals surface area contributed by atoms with Gasteiger partial charge in [-0.15, -0.1) is 0 Å². The van der Waals surface area contributed by atoms with Crippen molar-refractivity contribution in [1.29, 1.82) is 5.26 Å². The van der Waals surface area contributed by atoms with Gasteiger partial charge in [0.05, 0.1) is 19.3 Å². The molecule has 5 heteroatoms. The number of carbonyl (C=O) groups is 1. The van der Waals surface area contributed by atoms with Crippen molar-refractivity contribution >= 4 is 5.97 Å². The van der Waals surface area contributed by atoms with E-state index in [1.807, 2.05) is 6.07 Å². The molecule has 0 radical (unpaired) electrons. The molecule has 3 unspecified atom stereocenters. The Balaban J connectivity index is 2.66. The summed E-state index contributed by atoms with van der Waals surface area (Å²) in [5.41, 5.74) is 0. The SMILES string of the molecule is CCOC(=O)C(C#N)C1CCOC1OC. The molecule has 0 aromatic heterocycles. The van der Waals surface area contributed by atoms with Crippen molar-refractivity contribution in [3.63, 3.8) is 0 Å². The number of nitriles is 1. The molecule has 1 aliphatic heterocycles. The van der Waals surface area contributed by atoms with E-state index in [2.05, 4.69) is 0 Å². The van der Waals surface area contributed by atoms with Crippen LogP contribution in [0.15, 0.2) is 0 Å². The molecule has 1 fully saturated rings. The zero-order chi connectivity index (χ0) is 11.3. The van der Waals surface area contributed by atoms with Crippen molar-refractivity contribution < 1.29 is 19.0 Å². The number of carbonyl (C=O) groups excluding carboxylic acids is 1. The smallest absolute Gasteiger partial charge is 0.323 e. The number of hydrogen-bond acceptors (Lipinski definition) is 5. The molecule has 1 aliphatic rings. The van der Waals surface area contributed by atoms with E-state index in [4.69, 9.17) is 19.5 Å². The largest absolute Gasteiger partial charge is 0.465 e. The van der Waals surface area contributed by atoms with Crippen LogP contribution in [0.2, 0.25) is 0 Å². The van der Waals surface area contributed by atoms with Crippen LogP contribution in [-0.4, -0.2) is 32.6 Å². The monoisotopic (exact) mass is 213 g/mol. The molecule has 0 saturated carbocycles. The van der Waals surface area contributed by atoms with E-state index in [-0.39, 0.29) is 12.5 Å². The number of ether oxygens (including phenoxy) is 3. The highest BCUT2D eigenvalue weighted by atomic mass is 16.7. The fourth-order valence-electron chi connectivity index (χ4n) is 1.70. The standard InChI is InChI=1S/C10H15NO4/c1-3-14-9(12)8(6-11)7-4-5-15-10(7)13-2/h7-8,10H,3-5H2,1-2H3. The molecule has 84 valence electrons. The summed E-state index contributed by atoms with van der Waals surface area (Å²) in [7, 11) is 1.50. The predicted octanol–water partition coefficient (Wildman–Crippen LogP) is 0.698. The lowest BCUT2D eigenvalue weighted by atomic mass is 9.92. The minimum absolute atomic E-state index is 0.223. The van der Waals surface area contributed by atoms with Gasteiger partial charge in [0.25, 0.3) is 0 Å². The van der Waals surface area contributed by atoms with Crippen LogP contribution in [0, 0.1) is 23.2 Å². The molecule has 1 saturated heterocycles. The fraction of sp³-hybridized carbons (Fsp3) is 0.800. The Hall–Kier alpha value is -1.12. The van der Waals surface area contributed by atoms with Crippen molar-refractivity contribution in [2.45, 2.75) is 19.6 Å². The van der Waals surface area contributed by atoms with Gasteiger partial charge in [0.15, 0.2) is 12.2 Å². The number of hydrogen-bond donors (Lipinski definition) is 0. The summed E-state index contributed by atoms with van der Waals surface area (Å²) < 4.78 is 15.1. The molecule has 15 heavy (non-hydrogen) atoms. The van der Waals surface area contributed by atoms with E-state index >= 15 is 0 Å². The summed E-state index contributed by atoms with van der Waals surface area (Å²) >= 11 is 0. The normalized spacial score (nSPS) is 27.0. The zero-order valence-electron chi connectivity index (χ0n) is 8.93. The second-order valence-corrected chi connectivity index (χ2v) is 3.29. The first kappa shape index (κ1) is 12.0. The number of esters is 1. The van der Waals surface area contributed by atoms with Crippen LogP contribution in [0.25, 0.3) is 0 Å². The second kappa shape index (κ2) is 5.69. The van der Waals surface area contributed by atoms with Gasteiger partial charge in [-0.2, -0.15) is 5.26 Å². The average Bonchev–Trinajstić information content (AvgIpc) is 2.67. The highest BCUT2D eigenvalue weighted by Crippen LogP contribution is 2.29. The van der Waals surface area contributed by atoms with E-state index in [0.29, 0.717) is 13.0 Å². The molecule has 1 rings (SSSR count). The van der Waals surface area contributed by atoms with Crippen LogP contribution in [0.4, 0.5) is 0 Å². The molecular formula is C10H15NO4. The number of rotatable bonds is 4. The summed E-state index contributed by atoms with van der Waals surface area (Å²) in [6, 6.07) is 1.96. The Bertz CT molecular complexity index is 261. The third-order valence-electron chi connectivity index (χ3n) is 2.42. The van der Waals surface area contributed by atoms with Gasteiger partial charge in [-0.05, 0) is 13.3 Å². The Morgan fingerprint density at radius 2 is 2.47 bits per heavy atom. The molecular weight excluding hydrogens is 198 g/mol. The topological polar surface area (TPSA) is 68.6 Å². The highest BCUT2D eigenvalue weighted by Gasteiger charge is 2.39. The molecule has 0 spiro atoms. The average molecular weight is 213 g/mol. The maximum atomic E-state index is 11.5. The lowest BCUT2D eigenvalue weighted by molar-refractivity contribution is -0.155.